The Bertz CT molecular complexity index is 1360. The molecule has 8 heteroatoms. The van der Waals surface area contributed by atoms with Crippen LogP contribution in [0.4, 0.5) is 5.69 Å². The zero-order chi connectivity index (χ0) is 24.7. The van der Waals surface area contributed by atoms with Gasteiger partial charge in [-0.25, -0.2) is 4.98 Å². The summed E-state index contributed by atoms with van der Waals surface area (Å²) >= 11 is 0. The Balaban J connectivity index is 1.46. The number of rotatable bonds is 5. The number of hydrogen-bond acceptors (Lipinski definition) is 6. The summed E-state index contributed by atoms with van der Waals surface area (Å²) < 4.78 is 9.22. The maximum atomic E-state index is 12.9. The average Bonchev–Trinajstić information content (AvgIpc) is 3.51. The number of aromatic nitrogens is 4. The van der Waals surface area contributed by atoms with Gasteiger partial charge in [-0.05, 0) is 33.3 Å². The first kappa shape index (κ1) is 23.4. The van der Waals surface area contributed by atoms with E-state index in [1.54, 1.807) is 17.7 Å². The molecule has 5 heterocycles. The van der Waals surface area contributed by atoms with Gasteiger partial charge in [0.05, 0.1) is 29.7 Å². The minimum Gasteiger partial charge on any atom is -0.477 e. The Labute approximate surface area is 206 Å². The van der Waals surface area contributed by atoms with Gasteiger partial charge < -0.3 is 14.2 Å². The highest BCUT2D eigenvalue weighted by atomic mass is 16.5. The van der Waals surface area contributed by atoms with Gasteiger partial charge in [0.25, 0.3) is 5.56 Å². The van der Waals surface area contributed by atoms with Crippen molar-refractivity contribution in [2.45, 2.75) is 65.2 Å². The highest BCUT2D eigenvalue weighted by Crippen LogP contribution is 2.34. The lowest BCUT2D eigenvalue weighted by molar-refractivity contribution is 0.103. The molecule has 0 amide bonds. The fourth-order valence-electron chi connectivity index (χ4n) is 5.40. The van der Waals surface area contributed by atoms with E-state index < -0.39 is 0 Å². The van der Waals surface area contributed by atoms with Crippen molar-refractivity contribution >= 4 is 16.7 Å². The largest absolute Gasteiger partial charge is 0.477 e. The number of ether oxygens (including phenoxy) is 1. The summed E-state index contributed by atoms with van der Waals surface area (Å²) in [6, 6.07) is 6.77. The molecule has 0 saturated carbocycles. The van der Waals surface area contributed by atoms with Crippen LogP contribution < -0.4 is 15.2 Å². The van der Waals surface area contributed by atoms with E-state index >= 15 is 0 Å². The first-order valence-corrected chi connectivity index (χ1v) is 12.5. The smallest absolute Gasteiger partial charge is 0.252 e. The van der Waals surface area contributed by atoms with Gasteiger partial charge in [-0.3, -0.25) is 14.4 Å². The molecule has 3 aromatic rings. The van der Waals surface area contributed by atoms with Crippen molar-refractivity contribution < 1.29 is 4.74 Å². The third-order valence-corrected chi connectivity index (χ3v) is 7.52. The van der Waals surface area contributed by atoms with Gasteiger partial charge in [-0.2, -0.15) is 5.10 Å². The Morgan fingerprint density at radius 3 is 2.89 bits per heavy atom. The van der Waals surface area contributed by atoms with Crippen LogP contribution in [-0.4, -0.2) is 56.0 Å². The molecule has 2 aliphatic rings. The van der Waals surface area contributed by atoms with Gasteiger partial charge in [0.1, 0.15) is 12.1 Å². The molecule has 1 saturated heterocycles. The van der Waals surface area contributed by atoms with Gasteiger partial charge in [-0.1, -0.05) is 18.9 Å². The van der Waals surface area contributed by atoms with Crippen LogP contribution in [0.5, 0.6) is 5.88 Å². The predicted octanol–water partition coefficient (Wildman–Crippen LogP) is 3.14. The molecule has 3 aromatic heterocycles. The van der Waals surface area contributed by atoms with Crippen molar-refractivity contribution in [1.29, 1.82) is 0 Å². The van der Waals surface area contributed by atoms with Crippen LogP contribution in [0.15, 0.2) is 29.2 Å². The molecule has 1 fully saturated rings. The summed E-state index contributed by atoms with van der Waals surface area (Å²) in [5.74, 6) is 6.77. The van der Waals surface area contributed by atoms with Crippen molar-refractivity contribution in [3.8, 4) is 17.7 Å². The van der Waals surface area contributed by atoms with Crippen LogP contribution >= 0.6 is 0 Å². The fraction of sp³-hybridized carbons (Fsp3) is 0.519. The molecule has 0 spiro atoms. The van der Waals surface area contributed by atoms with E-state index in [2.05, 4.69) is 54.5 Å². The molecule has 0 N–H and O–H groups in total. The van der Waals surface area contributed by atoms with Crippen LogP contribution in [0, 0.1) is 11.8 Å². The van der Waals surface area contributed by atoms with Gasteiger partial charge in [0.15, 0.2) is 0 Å². The van der Waals surface area contributed by atoms with Crippen LogP contribution in [0.1, 0.15) is 51.4 Å². The van der Waals surface area contributed by atoms with Gasteiger partial charge in [-0.15, -0.1) is 5.92 Å². The number of nitrogens with zero attached hydrogens (tertiary/aromatic N) is 6. The monoisotopic (exact) mass is 474 g/mol. The normalized spacial score (nSPS) is 20.9. The number of fused-ring (bicyclic) bond motifs is 2. The van der Waals surface area contributed by atoms with E-state index in [4.69, 9.17) is 14.8 Å². The Morgan fingerprint density at radius 2 is 2.11 bits per heavy atom. The first-order chi connectivity index (χ1) is 16.9. The topological polar surface area (TPSA) is 68.4 Å². The molecule has 0 aliphatic carbocycles. The van der Waals surface area contributed by atoms with E-state index in [1.165, 1.54) is 5.56 Å². The minimum atomic E-state index is -0.0213. The summed E-state index contributed by atoms with van der Waals surface area (Å²) in [4.78, 5) is 22.6. The molecular weight excluding hydrogens is 440 g/mol. The summed E-state index contributed by atoms with van der Waals surface area (Å²) in [7, 11) is 1.80. The number of hydrogen-bond donors (Lipinski definition) is 0. The lowest BCUT2D eigenvalue weighted by atomic mass is 10.00. The molecular formula is C27H34N6O2. The molecule has 184 valence electrons. The maximum Gasteiger partial charge on any atom is 0.252 e. The summed E-state index contributed by atoms with van der Waals surface area (Å²) in [6.45, 7) is 11.5. The van der Waals surface area contributed by atoms with Gasteiger partial charge in [0.2, 0.25) is 5.88 Å². The second-order valence-corrected chi connectivity index (χ2v) is 9.65. The van der Waals surface area contributed by atoms with E-state index in [1.807, 2.05) is 17.8 Å². The molecule has 0 bridgehead atoms. The van der Waals surface area contributed by atoms with Gasteiger partial charge >= 0.3 is 0 Å². The lowest BCUT2D eigenvalue weighted by Gasteiger charge is -2.48. The van der Waals surface area contributed by atoms with Crippen LogP contribution in [0.2, 0.25) is 0 Å². The standard InChI is InChI=1S/C27H34N6O2/c1-6-8-12-31-17-24-26(29-31)23(14-25(34)30(24)5)32-16-21(7-2)33(15-18(32)3)19(4)22-10-9-20-11-13-35-27(20)28-22/h9-10,14,17-19,21H,7,11-13,15-16H2,1-5H3/t18-,19?,21+/m0/s1. The quantitative estimate of drug-likeness (QED) is 0.530. The van der Waals surface area contributed by atoms with Crippen LogP contribution in [0.25, 0.3) is 11.0 Å². The van der Waals surface area contributed by atoms with E-state index in [9.17, 15) is 4.79 Å². The van der Waals surface area contributed by atoms with E-state index in [-0.39, 0.29) is 17.6 Å². The molecule has 1 unspecified atom stereocenters. The second kappa shape index (κ2) is 9.38. The van der Waals surface area contributed by atoms with Crippen molar-refractivity contribution in [3.05, 3.63) is 46.0 Å². The SMILES string of the molecule is CC#CCn1cc2c(n1)c(N1C[C@@H](CC)N(C(C)c3ccc4c(n3)OCC4)C[C@@H]1C)cc(=O)n2C. The summed E-state index contributed by atoms with van der Waals surface area (Å²) in [6.07, 6.45) is 3.87. The zero-order valence-corrected chi connectivity index (χ0v) is 21.3. The van der Waals surface area contributed by atoms with Crippen LogP contribution in [-0.2, 0) is 20.0 Å². The van der Waals surface area contributed by atoms with Crippen molar-refractivity contribution in [2.75, 3.05) is 24.6 Å². The molecule has 2 aliphatic heterocycles. The van der Waals surface area contributed by atoms with Crippen molar-refractivity contribution in [3.63, 3.8) is 0 Å². The number of piperazine rings is 1. The Kier molecular flexibility index (Phi) is 6.28. The van der Waals surface area contributed by atoms with Crippen molar-refractivity contribution in [1.82, 2.24) is 24.2 Å². The fourth-order valence-corrected chi connectivity index (χ4v) is 5.40. The number of pyridine rings is 2. The molecule has 0 aromatic carbocycles. The average molecular weight is 475 g/mol. The van der Waals surface area contributed by atoms with E-state index in [0.717, 1.165) is 60.8 Å². The van der Waals surface area contributed by atoms with Crippen molar-refractivity contribution in [2.24, 2.45) is 7.05 Å². The second-order valence-electron chi connectivity index (χ2n) is 9.65. The molecule has 5 rings (SSSR count). The highest BCUT2D eigenvalue weighted by Gasteiger charge is 2.36. The predicted molar refractivity (Wildman–Crippen MR) is 138 cm³/mol. The molecule has 35 heavy (non-hydrogen) atoms. The summed E-state index contributed by atoms with van der Waals surface area (Å²) in [5.41, 5.74) is 4.83. The third-order valence-electron chi connectivity index (χ3n) is 7.52. The maximum absolute atomic E-state index is 12.9. The van der Waals surface area contributed by atoms with Gasteiger partial charge in [0, 0.05) is 56.3 Å². The first-order valence-electron chi connectivity index (χ1n) is 12.5. The Hall–Kier alpha value is -3.31. The third kappa shape index (κ3) is 4.19. The zero-order valence-electron chi connectivity index (χ0n) is 21.3. The number of anilines is 1. The molecule has 8 nitrogen and oxygen atoms in total. The van der Waals surface area contributed by atoms with Crippen LogP contribution in [0.3, 0.4) is 0 Å². The number of aryl methyl sites for hydroxylation is 1. The minimum absolute atomic E-state index is 0.0213. The summed E-state index contributed by atoms with van der Waals surface area (Å²) in [5, 5.41) is 4.82. The molecule has 0 radical (unpaired) electrons. The van der Waals surface area contributed by atoms with E-state index in [0.29, 0.717) is 12.6 Å². The molecule has 3 atom stereocenters. The lowest BCUT2D eigenvalue weighted by Crippen LogP contribution is -2.58. The Morgan fingerprint density at radius 1 is 1.29 bits per heavy atom. The highest BCUT2D eigenvalue weighted by molar-refractivity contribution is 5.88.